The molecule has 0 unspecified atom stereocenters. The second-order valence-corrected chi connectivity index (χ2v) is 19.3. The summed E-state index contributed by atoms with van der Waals surface area (Å²) >= 11 is 0. The van der Waals surface area contributed by atoms with E-state index in [0.29, 0.717) is 28.3 Å². The minimum Gasteiger partial charge on any atom is -0.455 e. The molecule has 7 heteroatoms. The highest BCUT2D eigenvalue weighted by molar-refractivity contribution is 6.26. The zero-order valence-electron chi connectivity index (χ0n) is 39.9. The molecule has 0 aliphatic carbocycles. The lowest BCUT2D eigenvalue weighted by atomic mass is 10.0. The number of hydrogen-bond donors (Lipinski definition) is 0. The Balaban J connectivity index is 1.16. The van der Waals surface area contributed by atoms with Crippen LogP contribution in [0.2, 0.25) is 0 Å². The smallest absolute Gasteiger partial charge is 0.214 e. The summed E-state index contributed by atoms with van der Waals surface area (Å²) in [6, 6.07) is 80.4. The fourth-order valence-electron chi connectivity index (χ4n) is 12.3. The van der Waals surface area contributed by atoms with Gasteiger partial charge in [-0.05, 0) is 89.0 Å². The van der Waals surface area contributed by atoms with E-state index in [-0.39, 0.29) is 0 Å². The molecule has 16 aromatic rings. The van der Waals surface area contributed by atoms with E-state index in [2.05, 4.69) is 194 Å². The summed E-state index contributed by atoms with van der Waals surface area (Å²) in [6.45, 7) is 9.23. The van der Waals surface area contributed by atoms with Gasteiger partial charge < -0.3 is 22.5 Å². The molecule has 0 aliphatic heterocycles. The Kier molecular flexibility index (Phi) is 8.46. The zero-order valence-corrected chi connectivity index (χ0v) is 39.9. The normalized spacial score (nSPS) is 12.0. The summed E-state index contributed by atoms with van der Waals surface area (Å²) in [4.78, 5) is 4.44. The van der Waals surface area contributed by atoms with Gasteiger partial charge >= 0.3 is 0 Å². The van der Waals surface area contributed by atoms with Gasteiger partial charge in [-0.25, -0.2) is 4.85 Å². The molecule has 0 atom stereocenters. The maximum Gasteiger partial charge on any atom is 0.214 e. The summed E-state index contributed by atoms with van der Waals surface area (Å²) < 4.78 is 20.6. The van der Waals surface area contributed by atoms with Crippen LogP contribution in [0.25, 0.3) is 153 Å². The first-order valence-electron chi connectivity index (χ1n) is 25.0. The van der Waals surface area contributed by atoms with Gasteiger partial charge in [0, 0.05) is 43.1 Å². The maximum atomic E-state index is 11.8. The van der Waals surface area contributed by atoms with Crippen molar-refractivity contribution in [3.8, 4) is 45.4 Å². The highest BCUT2D eigenvalue weighted by Gasteiger charge is 2.31. The van der Waals surface area contributed by atoms with Crippen LogP contribution in [0.1, 0.15) is 5.56 Å². The topological polar surface area (TPSA) is 69.2 Å². The van der Waals surface area contributed by atoms with Crippen molar-refractivity contribution in [3.63, 3.8) is 0 Å². The van der Waals surface area contributed by atoms with E-state index in [1.165, 1.54) is 0 Å². The number of aromatic nitrogens is 3. The molecule has 5 heterocycles. The average Bonchev–Trinajstić information content (AvgIpc) is 4.34. The lowest BCUT2D eigenvalue weighted by Crippen LogP contribution is -2.11. The van der Waals surface area contributed by atoms with E-state index in [4.69, 9.17) is 8.83 Å². The Morgan fingerprint density at radius 3 is 1.27 bits per heavy atom. The van der Waals surface area contributed by atoms with Crippen LogP contribution in [0.3, 0.4) is 0 Å². The zero-order chi connectivity index (χ0) is 49.5. The molecule has 0 N–H and O–H groups in total. The number of fused-ring (bicyclic) bond motifs is 17. The fourth-order valence-corrected chi connectivity index (χ4v) is 12.3. The molecular weight excluding hydrogens is 919 g/mol. The Morgan fingerprint density at radius 2 is 0.773 bits per heavy atom. The summed E-state index contributed by atoms with van der Waals surface area (Å²) in [7, 11) is 0. The molecule has 11 aromatic carbocycles. The third-order valence-corrected chi connectivity index (χ3v) is 15.5. The fraction of sp³-hybridized carbons (Fsp3) is 0. The monoisotopic (exact) mass is 955 g/mol. The number of para-hydroxylation sites is 4. The third-order valence-electron chi connectivity index (χ3n) is 15.5. The Hall–Kier alpha value is -10.6. The van der Waals surface area contributed by atoms with Gasteiger partial charge in [-0.2, -0.15) is 5.26 Å². The van der Waals surface area contributed by atoms with E-state index >= 15 is 0 Å². The van der Waals surface area contributed by atoms with Crippen LogP contribution in [0.4, 0.5) is 5.69 Å². The molecule has 0 aliphatic rings. The molecule has 5 aromatic heterocycles. The number of furan rings is 2. The predicted octanol–water partition coefficient (Wildman–Crippen LogP) is 18.5. The van der Waals surface area contributed by atoms with Crippen LogP contribution in [0, 0.1) is 17.9 Å². The Labute approximate surface area is 427 Å². The van der Waals surface area contributed by atoms with Gasteiger partial charge in [0.05, 0.1) is 73.1 Å². The molecule has 0 bridgehead atoms. The largest absolute Gasteiger partial charge is 0.455 e. The number of hydrogen-bond acceptors (Lipinski definition) is 3. The van der Waals surface area contributed by atoms with Gasteiger partial charge in [0.2, 0.25) is 5.69 Å². The van der Waals surface area contributed by atoms with Crippen LogP contribution >= 0.6 is 0 Å². The summed E-state index contributed by atoms with van der Waals surface area (Å²) in [6.07, 6.45) is 0. The predicted molar refractivity (Wildman–Crippen MR) is 306 cm³/mol. The molecule has 0 saturated carbocycles. The molecule has 346 valence electrons. The highest BCUT2D eigenvalue weighted by atomic mass is 16.3. The second-order valence-electron chi connectivity index (χ2n) is 19.3. The number of nitrogens with zero attached hydrogens (tertiary/aromatic N) is 5. The summed E-state index contributed by atoms with van der Waals surface area (Å²) in [5.41, 5.74) is 15.3. The SMILES string of the molecule is [C-]#[N+]c1cc(C#N)c(-n2c3cc(-c4ccccc4)ccc3c3c4oc5ccccc5c4ccc32)c(-n2c3ccccc3c3ccccc32)c1-n1c2cc(-c3ccccc3)ccc2c2c3oc4ccccc4c3ccc21. The first-order chi connectivity index (χ1) is 37.1. The van der Waals surface area contributed by atoms with Gasteiger partial charge in [0.1, 0.15) is 28.4 Å². The van der Waals surface area contributed by atoms with Crippen LogP contribution in [0.15, 0.2) is 233 Å². The van der Waals surface area contributed by atoms with Crippen molar-refractivity contribution < 1.29 is 8.83 Å². The van der Waals surface area contributed by atoms with Gasteiger partial charge in [0.25, 0.3) is 0 Å². The van der Waals surface area contributed by atoms with Gasteiger partial charge in [0.15, 0.2) is 0 Å². The highest BCUT2D eigenvalue weighted by Crippen LogP contribution is 2.50. The summed E-state index contributed by atoms with van der Waals surface area (Å²) in [5.74, 6) is 0. The van der Waals surface area contributed by atoms with Crippen LogP contribution < -0.4 is 0 Å². The summed E-state index contributed by atoms with van der Waals surface area (Å²) in [5, 5.41) is 21.8. The van der Waals surface area contributed by atoms with Gasteiger partial charge in [-0.3, -0.25) is 0 Å². The minimum absolute atomic E-state index is 0.325. The van der Waals surface area contributed by atoms with Crippen molar-refractivity contribution in [1.82, 2.24) is 13.7 Å². The Bertz CT molecular complexity index is 4890. The van der Waals surface area contributed by atoms with Crippen molar-refractivity contribution in [3.05, 3.63) is 241 Å². The third kappa shape index (κ3) is 5.67. The van der Waals surface area contributed by atoms with Crippen molar-refractivity contribution in [2.75, 3.05) is 0 Å². The second kappa shape index (κ2) is 15.5. The molecule has 7 nitrogen and oxygen atoms in total. The van der Waals surface area contributed by atoms with Crippen molar-refractivity contribution in [1.29, 1.82) is 5.26 Å². The first kappa shape index (κ1) is 41.1. The van der Waals surface area contributed by atoms with Crippen LogP contribution in [0.5, 0.6) is 0 Å². The molecule has 0 spiro atoms. The average molecular weight is 956 g/mol. The number of benzene rings is 11. The lowest BCUT2D eigenvalue weighted by molar-refractivity contribution is 0.672. The van der Waals surface area contributed by atoms with Gasteiger partial charge in [-0.1, -0.05) is 158 Å². The molecule has 0 amide bonds. The van der Waals surface area contributed by atoms with E-state index in [1.54, 1.807) is 6.07 Å². The van der Waals surface area contributed by atoms with Gasteiger partial charge in [-0.15, -0.1) is 0 Å². The molecule has 75 heavy (non-hydrogen) atoms. The van der Waals surface area contributed by atoms with E-state index in [9.17, 15) is 11.8 Å². The van der Waals surface area contributed by atoms with Crippen molar-refractivity contribution in [2.24, 2.45) is 0 Å². The Morgan fingerprint density at radius 1 is 0.347 bits per heavy atom. The molecule has 0 saturated heterocycles. The quantitative estimate of drug-likeness (QED) is 0.161. The van der Waals surface area contributed by atoms with E-state index < -0.39 is 0 Å². The maximum absolute atomic E-state index is 11.8. The molecular formula is C68H37N5O2. The first-order valence-corrected chi connectivity index (χ1v) is 25.0. The molecule has 16 rings (SSSR count). The standard InChI is InChI=1S/C68H37N5O2/c1-70-53-36-44(39-69)64(72-56-34-32-49-47-22-10-14-26-60(47)74-67(49)62(56)51-30-28-42(37-58(51)72)40-16-4-2-5-17-40)66(71-54-24-12-8-20-45(54)46-21-9-13-25-55(46)71)65(53)73-57-35-33-50-48-23-11-15-27-61(48)75-68(50)63(57)52-31-29-43(38-59(52)73)41-18-6-3-7-19-41/h2-38H. The molecule has 0 radical (unpaired) electrons. The van der Waals surface area contributed by atoms with Crippen molar-refractivity contribution >= 4 is 115 Å². The van der Waals surface area contributed by atoms with Crippen LogP contribution in [-0.2, 0) is 0 Å². The van der Waals surface area contributed by atoms with Crippen molar-refractivity contribution in [2.45, 2.75) is 0 Å². The molecule has 0 fully saturated rings. The number of rotatable bonds is 5. The minimum atomic E-state index is 0.325. The lowest BCUT2D eigenvalue weighted by Gasteiger charge is -2.24. The van der Waals surface area contributed by atoms with E-state index in [1.807, 2.05) is 48.5 Å². The van der Waals surface area contributed by atoms with E-state index in [0.717, 1.165) is 132 Å². The van der Waals surface area contributed by atoms with Crippen LogP contribution in [-0.4, -0.2) is 13.7 Å². The number of nitriles is 1.